The highest BCUT2D eigenvalue weighted by Crippen LogP contribution is 2.02. The van der Waals surface area contributed by atoms with Crippen LogP contribution in [0.1, 0.15) is 13.3 Å². The molecule has 1 saturated heterocycles. The van der Waals surface area contributed by atoms with Crippen molar-refractivity contribution in [2.24, 2.45) is 5.73 Å². The van der Waals surface area contributed by atoms with Crippen molar-refractivity contribution in [1.82, 2.24) is 10.2 Å². The SMILES string of the molecule is CC(CNC(=O)CCN)N1CCOCC1. The van der Waals surface area contributed by atoms with Crippen LogP contribution in [0.4, 0.5) is 0 Å². The third kappa shape index (κ3) is 4.59. The van der Waals surface area contributed by atoms with E-state index in [1.807, 2.05) is 0 Å². The van der Waals surface area contributed by atoms with Crippen LogP contribution in [0, 0.1) is 0 Å². The van der Waals surface area contributed by atoms with Gasteiger partial charge in [-0.3, -0.25) is 9.69 Å². The summed E-state index contributed by atoms with van der Waals surface area (Å²) in [5.41, 5.74) is 5.29. The minimum absolute atomic E-state index is 0.0395. The number of hydrogen-bond acceptors (Lipinski definition) is 4. The smallest absolute Gasteiger partial charge is 0.221 e. The number of nitrogens with zero attached hydrogens (tertiary/aromatic N) is 1. The maximum Gasteiger partial charge on any atom is 0.221 e. The molecule has 5 nitrogen and oxygen atoms in total. The molecule has 1 aliphatic rings. The van der Waals surface area contributed by atoms with Gasteiger partial charge in [-0.2, -0.15) is 0 Å². The number of carbonyl (C=O) groups excluding carboxylic acids is 1. The van der Waals surface area contributed by atoms with E-state index in [9.17, 15) is 4.79 Å². The number of carbonyl (C=O) groups is 1. The maximum atomic E-state index is 11.2. The first kappa shape index (κ1) is 12.4. The zero-order chi connectivity index (χ0) is 11.1. The molecule has 1 unspecified atom stereocenters. The molecule has 1 atom stereocenters. The Bertz CT molecular complexity index is 193. The average Bonchev–Trinajstić information content (AvgIpc) is 2.27. The summed E-state index contributed by atoms with van der Waals surface area (Å²) in [6.45, 7) is 6.72. The van der Waals surface area contributed by atoms with Gasteiger partial charge in [-0.1, -0.05) is 0 Å². The van der Waals surface area contributed by atoms with Gasteiger partial charge >= 0.3 is 0 Å². The highest BCUT2D eigenvalue weighted by Gasteiger charge is 2.16. The molecular weight excluding hydrogens is 194 g/mol. The van der Waals surface area contributed by atoms with Crippen LogP contribution in [-0.4, -0.2) is 56.2 Å². The van der Waals surface area contributed by atoms with Gasteiger partial charge in [0.15, 0.2) is 0 Å². The van der Waals surface area contributed by atoms with E-state index >= 15 is 0 Å². The van der Waals surface area contributed by atoms with Crippen molar-refractivity contribution in [2.75, 3.05) is 39.4 Å². The second-order valence-electron chi connectivity index (χ2n) is 3.84. The molecule has 0 radical (unpaired) electrons. The van der Waals surface area contributed by atoms with E-state index in [0.29, 0.717) is 25.6 Å². The molecule has 0 aliphatic carbocycles. The molecule has 3 N–H and O–H groups in total. The Kier molecular flexibility index (Phi) is 5.60. The molecule has 1 heterocycles. The summed E-state index contributed by atoms with van der Waals surface area (Å²) in [5.74, 6) is 0.0395. The fourth-order valence-corrected chi connectivity index (χ4v) is 1.63. The molecule has 0 aromatic heterocycles. The Balaban J connectivity index is 2.16. The van der Waals surface area contributed by atoms with E-state index in [2.05, 4.69) is 17.1 Å². The Labute approximate surface area is 90.9 Å². The summed E-state index contributed by atoms with van der Waals surface area (Å²) in [6.07, 6.45) is 0.413. The molecule has 0 bridgehead atoms. The fourth-order valence-electron chi connectivity index (χ4n) is 1.63. The average molecular weight is 215 g/mol. The van der Waals surface area contributed by atoms with Crippen molar-refractivity contribution in [3.63, 3.8) is 0 Å². The van der Waals surface area contributed by atoms with Gasteiger partial charge in [-0.05, 0) is 6.92 Å². The van der Waals surface area contributed by atoms with Crippen LogP contribution in [0.2, 0.25) is 0 Å². The van der Waals surface area contributed by atoms with Crippen molar-refractivity contribution in [3.05, 3.63) is 0 Å². The number of nitrogens with one attached hydrogen (secondary N) is 1. The quantitative estimate of drug-likeness (QED) is 0.628. The highest BCUT2D eigenvalue weighted by molar-refractivity contribution is 5.76. The number of rotatable bonds is 5. The minimum atomic E-state index is 0.0395. The first-order chi connectivity index (χ1) is 7.24. The summed E-state index contributed by atoms with van der Waals surface area (Å²) in [6, 6.07) is 0.371. The van der Waals surface area contributed by atoms with Crippen molar-refractivity contribution in [3.8, 4) is 0 Å². The lowest BCUT2D eigenvalue weighted by atomic mass is 10.2. The van der Waals surface area contributed by atoms with Crippen LogP contribution in [0.3, 0.4) is 0 Å². The Hall–Kier alpha value is -0.650. The first-order valence-electron chi connectivity index (χ1n) is 5.52. The monoisotopic (exact) mass is 215 g/mol. The third-order valence-electron chi connectivity index (χ3n) is 2.64. The third-order valence-corrected chi connectivity index (χ3v) is 2.64. The summed E-state index contributed by atoms with van der Waals surface area (Å²) >= 11 is 0. The van der Waals surface area contributed by atoms with Crippen molar-refractivity contribution in [1.29, 1.82) is 0 Å². The van der Waals surface area contributed by atoms with Crippen molar-refractivity contribution in [2.45, 2.75) is 19.4 Å². The van der Waals surface area contributed by atoms with Gasteiger partial charge in [0.2, 0.25) is 5.91 Å². The largest absolute Gasteiger partial charge is 0.379 e. The lowest BCUT2D eigenvalue weighted by Gasteiger charge is -2.32. The van der Waals surface area contributed by atoms with E-state index in [0.717, 1.165) is 26.3 Å². The normalized spacial score (nSPS) is 19.9. The van der Waals surface area contributed by atoms with Gasteiger partial charge in [0.25, 0.3) is 0 Å². The van der Waals surface area contributed by atoms with Gasteiger partial charge in [-0.25, -0.2) is 0 Å². The van der Waals surface area contributed by atoms with Crippen LogP contribution in [0.5, 0.6) is 0 Å². The van der Waals surface area contributed by atoms with Gasteiger partial charge in [0, 0.05) is 38.6 Å². The first-order valence-corrected chi connectivity index (χ1v) is 5.52. The second-order valence-corrected chi connectivity index (χ2v) is 3.84. The molecule has 0 aromatic rings. The van der Waals surface area contributed by atoms with Crippen molar-refractivity contribution >= 4 is 5.91 Å². The molecular formula is C10H21N3O2. The lowest BCUT2D eigenvalue weighted by Crippen LogP contribution is -2.47. The minimum Gasteiger partial charge on any atom is -0.379 e. The molecule has 0 spiro atoms. The number of ether oxygens (including phenoxy) is 1. The van der Waals surface area contributed by atoms with E-state index in [-0.39, 0.29) is 5.91 Å². The standard InChI is InChI=1S/C10H21N3O2/c1-9(8-12-10(14)2-3-11)13-4-6-15-7-5-13/h9H,2-8,11H2,1H3,(H,12,14). The van der Waals surface area contributed by atoms with Gasteiger partial charge in [-0.15, -0.1) is 0 Å². The molecule has 88 valence electrons. The molecule has 1 fully saturated rings. The van der Waals surface area contributed by atoms with Gasteiger partial charge in [0.1, 0.15) is 0 Å². The van der Waals surface area contributed by atoms with Gasteiger partial charge < -0.3 is 15.8 Å². The summed E-state index contributed by atoms with van der Waals surface area (Å²) in [4.78, 5) is 13.5. The Morgan fingerprint density at radius 3 is 2.80 bits per heavy atom. The number of morpholine rings is 1. The predicted octanol–water partition coefficient (Wildman–Crippen LogP) is -0.828. The lowest BCUT2D eigenvalue weighted by molar-refractivity contribution is -0.121. The fraction of sp³-hybridized carbons (Fsp3) is 0.900. The highest BCUT2D eigenvalue weighted by atomic mass is 16.5. The Morgan fingerprint density at radius 1 is 1.53 bits per heavy atom. The molecule has 1 rings (SSSR count). The number of nitrogens with two attached hydrogens (primary N) is 1. The maximum absolute atomic E-state index is 11.2. The van der Waals surface area contributed by atoms with E-state index in [1.54, 1.807) is 0 Å². The van der Waals surface area contributed by atoms with E-state index in [1.165, 1.54) is 0 Å². The van der Waals surface area contributed by atoms with E-state index in [4.69, 9.17) is 10.5 Å². The number of hydrogen-bond donors (Lipinski definition) is 2. The van der Waals surface area contributed by atoms with Crippen LogP contribution in [0.25, 0.3) is 0 Å². The van der Waals surface area contributed by atoms with Crippen molar-refractivity contribution < 1.29 is 9.53 Å². The molecule has 0 aromatic carbocycles. The van der Waals surface area contributed by atoms with Crippen LogP contribution in [-0.2, 0) is 9.53 Å². The van der Waals surface area contributed by atoms with Gasteiger partial charge in [0.05, 0.1) is 13.2 Å². The zero-order valence-corrected chi connectivity index (χ0v) is 9.37. The second kappa shape index (κ2) is 6.76. The van der Waals surface area contributed by atoms with Crippen LogP contribution < -0.4 is 11.1 Å². The molecule has 15 heavy (non-hydrogen) atoms. The molecule has 5 heteroatoms. The molecule has 1 amide bonds. The Morgan fingerprint density at radius 2 is 2.20 bits per heavy atom. The van der Waals surface area contributed by atoms with Crippen LogP contribution >= 0.6 is 0 Å². The number of amides is 1. The summed E-state index contributed by atoms with van der Waals surface area (Å²) < 4.78 is 5.27. The summed E-state index contributed by atoms with van der Waals surface area (Å²) in [7, 11) is 0. The van der Waals surface area contributed by atoms with Crippen LogP contribution in [0.15, 0.2) is 0 Å². The van der Waals surface area contributed by atoms with E-state index < -0.39 is 0 Å². The summed E-state index contributed by atoms with van der Waals surface area (Å²) in [5, 5.41) is 2.88. The molecule has 0 saturated carbocycles. The topological polar surface area (TPSA) is 67.6 Å². The zero-order valence-electron chi connectivity index (χ0n) is 9.37. The molecule has 1 aliphatic heterocycles. The predicted molar refractivity (Wildman–Crippen MR) is 58.5 cm³/mol.